The van der Waals surface area contributed by atoms with Crippen LogP contribution in [0, 0.1) is 0 Å². The van der Waals surface area contributed by atoms with E-state index in [-0.39, 0.29) is 0 Å². The number of hydrogen-bond donors (Lipinski definition) is 2. The summed E-state index contributed by atoms with van der Waals surface area (Å²) in [5.74, 6) is -2.39. The third kappa shape index (κ3) is 7.38. The Labute approximate surface area is 78.1 Å². The molecule has 1 atom stereocenters. The van der Waals surface area contributed by atoms with E-state index < -0.39 is 36.9 Å². The van der Waals surface area contributed by atoms with Crippen LogP contribution in [0.15, 0.2) is 0 Å². The summed E-state index contributed by atoms with van der Waals surface area (Å²) in [6, 6.07) is -0.803. The molecule has 0 saturated heterocycles. The second-order valence-electron chi connectivity index (χ2n) is 2.86. The van der Waals surface area contributed by atoms with Crippen LogP contribution in [0.2, 0.25) is 0 Å². The molecule has 0 radical (unpaired) electrons. The Hall–Kier alpha value is -1.27. The first-order valence-electron chi connectivity index (χ1n) is 3.78. The molecule has 0 aromatic heterocycles. The van der Waals surface area contributed by atoms with E-state index >= 15 is 0 Å². The molecular formula is C7H10F3NO3. The summed E-state index contributed by atoms with van der Waals surface area (Å²) in [4.78, 5) is 20.7. The van der Waals surface area contributed by atoms with E-state index in [1.807, 2.05) is 5.32 Å². The maximum atomic E-state index is 11.6. The van der Waals surface area contributed by atoms with E-state index in [0.29, 0.717) is 0 Å². The van der Waals surface area contributed by atoms with Gasteiger partial charge in [-0.25, -0.2) is 0 Å². The second kappa shape index (κ2) is 4.83. The molecule has 14 heavy (non-hydrogen) atoms. The van der Waals surface area contributed by atoms with Gasteiger partial charge < -0.3 is 10.4 Å². The fraction of sp³-hybridized carbons (Fsp3) is 0.714. The third-order valence-electron chi connectivity index (χ3n) is 1.25. The van der Waals surface area contributed by atoms with Crippen molar-refractivity contribution in [1.29, 1.82) is 0 Å². The zero-order chi connectivity index (χ0) is 11.4. The van der Waals surface area contributed by atoms with Gasteiger partial charge in [0, 0.05) is 6.04 Å². The molecule has 82 valence electrons. The van der Waals surface area contributed by atoms with Crippen molar-refractivity contribution in [2.24, 2.45) is 0 Å². The Morgan fingerprint density at radius 3 is 2.29 bits per heavy atom. The molecule has 0 aromatic carbocycles. The van der Waals surface area contributed by atoms with Crippen LogP contribution in [0.4, 0.5) is 13.2 Å². The van der Waals surface area contributed by atoms with Crippen molar-refractivity contribution in [3.05, 3.63) is 0 Å². The van der Waals surface area contributed by atoms with Gasteiger partial charge in [0.25, 0.3) is 0 Å². The molecule has 0 aliphatic heterocycles. The minimum Gasteiger partial charge on any atom is -0.481 e. The first kappa shape index (κ1) is 12.7. The highest BCUT2D eigenvalue weighted by Gasteiger charge is 2.31. The number of carboxylic acids is 1. The van der Waals surface area contributed by atoms with Crippen molar-refractivity contribution in [2.75, 3.05) is 0 Å². The zero-order valence-corrected chi connectivity index (χ0v) is 7.39. The number of alkyl halides is 3. The molecular weight excluding hydrogens is 203 g/mol. The molecule has 0 bridgehead atoms. The van der Waals surface area contributed by atoms with Crippen molar-refractivity contribution in [3.8, 4) is 0 Å². The van der Waals surface area contributed by atoms with Gasteiger partial charge in [0.2, 0.25) is 5.91 Å². The fourth-order valence-electron chi connectivity index (χ4n) is 0.821. The van der Waals surface area contributed by atoms with Gasteiger partial charge in [-0.2, -0.15) is 13.2 Å². The minimum atomic E-state index is -4.56. The molecule has 0 aliphatic rings. The van der Waals surface area contributed by atoms with Crippen LogP contribution in [-0.2, 0) is 9.59 Å². The van der Waals surface area contributed by atoms with Crippen LogP contribution in [-0.4, -0.2) is 29.2 Å². The van der Waals surface area contributed by atoms with Crippen LogP contribution in [0.5, 0.6) is 0 Å². The Kier molecular flexibility index (Phi) is 4.39. The molecule has 0 rings (SSSR count). The van der Waals surface area contributed by atoms with E-state index in [0.717, 1.165) is 0 Å². The highest BCUT2D eigenvalue weighted by Crippen LogP contribution is 2.18. The molecule has 1 amide bonds. The normalized spacial score (nSPS) is 13.4. The molecule has 0 heterocycles. The molecule has 0 fully saturated rings. The summed E-state index contributed by atoms with van der Waals surface area (Å²) in [5.41, 5.74) is 0. The highest BCUT2D eigenvalue weighted by atomic mass is 19.4. The number of aliphatic carboxylic acids is 1. The van der Waals surface area contributed by atoms with Gasteiger partial charge in [0.05, 0.1) is 6.42 Å². The predicted octanol–water partition coefficient (Wildman–Crippen LogP) is 0.918. The van der Waals surface area contributed by atoms with Crippen LogP contribution in [0.1, 0.15) is 19.8 Å². The molecule has 0 spiro atoms. The molecule has 0 saturated carbocycles. The molecule has 4 nitrogen and oxygen atoms in total. The summed E-state index contributed by atoms with van der Waals surface area (Å²) in [5, 5.41) is 10.2. The molecule has 0 aromatic rings. The third-order valence-corrected chi connectivity index (χ3v) is 1.25. The topological polar surface area (TPSA) is 66.4 Å². The van der Waals surface area contributed by atoms with Crippen LogP contribution < -0.4 is 5.32 Å². The van der Waals surface area contributed by atoms with Gasteiger partial charge in [-0.05, 0) is 6.92 Å². The van der Waals surface area contributed by atoms with Gasteiger partial charge >= 0.3 is 12.1 Å². The number of hydrogen-bond acceptors (Lipinski definition) is 2. The number of carboxylic acid groups (broad SMARTS) is 1. The lowest BCUT2D eigenvalue weighted by molar-refractivity contribution is -0.154. The average molecular weight is 213 g/mol. The van der Waals surface area contributed by atoms with E-state index in [4.69, 9.17) is 5.11 Å². The number of carbonyl (C=O) groups is 2. The molecule has 0 aliphatic carbocycles. The highest BCUT2D eigenvalue weighted by molar-refractivity contribution is 5.77. The number of halogens is 3. The SMILES string of the molecule is CC(CC(=O)O)NC(=O)CC(F)(F)F. The van der Waals surface area contributed by atoms with Gasteiger partial charge in [0.1, 0.15) is 6.42 Å². The minimum absolute atomic E-state index is 0.399. The monoisotopic (exact) mass is 213 g/mol. The van der Waals surface area contributed by atoms with Crippen molar-refractivity contribution < 1.29 is 27.9 Å². The summed E-state index contributed by atoms with van der Waals surface area (Å²) in [7, 11) is 0. The summed E-state index contributed by atoms with van der Waals surface area (Å²) in [6.45, 7) is 1.32. The number of nitrogens with one attached hydrogen (secondary N) is 1. The van der Waals surface area contributed by atoms with E-state index in [1.54, 1.807) is 0 Å². The maximum Gasteiger partial charge on any atom is 0.397 e. The van der Waals surface area contributed by atoms with Crippen LogP contribution >= 0.6 is 0 Å². The molecule has 7 heteroatoms. The Morgan fingerprint density at radius 2 is 1.93 bits per heavy atom. The average Bonchev–Trinajstić information content (AvgIpc) is 1.77. The van der Waals surface area contributed by atoms with E-state index in [9.17, 15) is 22.8 Å². The first-order valence-corrected chi connectivity index (χ1v) is 3.78. The summed E-state index contributed by atoms with van der Waals surface area (Å²) in [6.07, 6.45) is -6.55. The van der Waals surface area contributed by atoms with Gasteiger partial charge in [-0.3, -0.25) is 9.59 Å². The predicted molar refractivity (Wildman–Crippen MR) is 40.5 cm³/mol. The lowest BCUT2D eigenvalue weighted by atomic mass is 10.2. The van der Waals surface area contributed by atoms with Crippen LogP contribution in [0.3, 0.4) is 0 Å². The van der Waals surface area contributed by atoms with Crippen molar-refractivity contribution in [3.63, 3.8) is 0 Å². The molecule has 1 unspecified atom stereocenters. The van der Waals surface area contributed by atoms with Gasteiger partial charge in [-0.15, -0.1) is 0 Å². The van der Waals surface area contributed by atoms with Crippen LogP contribution in [0.25, 0.3) is 0 Å². The lowest BCUT2D eigenvalue weighted by Crippen LogP contribution is -2.36. The standard InChI is InChI=1S/C7H10F3NO3/c1-4(2-6(13)14)11-5(12)3-7(8,9)10/h4H,2-3H2,1H3,(H,11,12)(H,13,14). The van der Waals surface area contributed by atoms with Gasteiger partial charge in [0.15, 0.2) is 0 Å². The Bertz CT molecular complexity index is 227. The number of amides is 1. The fourth-order valence-corrected chi connectivity index (χ4v) is 0.821. The van der Waals surface area contributed by atoms with Crippen molar-refractivity contribution in [1.82, 2.24) is 5.32 Å². The first-order chi connectivity index (χ1) is 6.20. The smallest absolute Gasteiger partial charge is 0.397 e. The van der Waals surface area contributed by atoms with E-state index in [1.165, 1.54) is 6.92 Å². The number of carbonyl (C=O) groups excluding carboxylic acids is 1. The largest absolute Gasteiger partial charge is 0.481 e. The quantitative estimate of drug-likeness (QED) is 0.729. The maximum absolute atomic E-state index is 11.6. The summed E-state index contributed by atoms with van der Waals surface area (Å²) < 4.78 is 34.9. The zero-order valence-electron chi connectivity index (χ0n) is 7.39. The summed E-state index contributed by atoms with van der Waals surface area (Å²) >= 11 is 0. The molecule has 2 N–H and O–H groups in total. The Balaban J connectivity index is 3.89. The Morgan fingerprint density at radius 1 is 1.43 bits per heavy atom. The second-order valence-corrected chi connectivity index (χ2v) is 2.86. The van der Waals surface area contributed by atoms with Gasteiger partial charge in [-0.1, -0.05) is 0 Å². The number of rotatable bonds is 4. The van der Waals surface area contributed by atoms with E-state index in [2.05, 4.69) is 0 Å². The lowest BCUT2D eigenvalue weighted by Gasteiger charge is -2.12. The van der Waals surface area contributed by atoms with Crippen molar-refractivity contribution >= 4 is 11.9 Å². The van der Waals surface area contributed by atoms with Crippen molar-refractivity contribution in [2.45, 2.75) is 32.0 Å².